The average molecular weight is 264 g/mol. The Labute approximate surface area is 113 Å². The number of hydrogen-bond acceptors (Lipinski definition) is 4. The second kappa shape index (κ2) is 5.77. The molecule has 1 aliphatic carbocycles. The molecule has 4 nitrogen and oxygen atoms in total. The molecule has 1 aliphatic rings. The summed E-state index contributed by atoms with van der Waals surface area (Å²) in [6.45, 7) is 2.01. The Balaban J connectivity index is 1.70. The minimum atomic E-state index is -0.358. The topological polar surface area (TPSA) is 53.6 Å². The van der Waals surface area contributed by atoms with Gasteiger partial charge in [-0.15, -0.1) is 0 Å². The Bertz CT molecular complexity index is 432. The van der Waals surface area contributed by atoms with Crippen LogP contribution >= 0.6 is 11.8 Å². The van der Waals surface area contributed by atoms with E-state index in [9.17, 15) is 5.26 Å². The number of nitrogens with one attached hydrogen (secondary N) is 1. The lowest BCUT2D eigenvalue weighted by atomic mass is 9.98. The van der Waals surface area contributed by atoms with Crippen LogP contribution in [-0.4, -0.2) is 26.9 Å². The predicted octanol–water partition coefficient (Wildman–Crippen LogP) is 2.33. The fourth-order valence-corrected chi connectivity index (χ4v) is 2.79. The Morgan fingerprint density at radius 1 is 1.67 bits per heavy atom. The van der Waals surface area contributed by atoms with Gasteiger partial charge in [0, 0.05) is 31.2 Å². The van der Waals surface area contributed by atoms with Crippen LogP contribution in [0.2, 0.25) is 0 Å². The molecule has 0 radical (unpaired) electrons. The zero-order chi connectivity index (χ0) is 13.0. The van der Waals surface area contributed by atoms with Gasteiger partial charge >= 0.3 is 0 Å². The monoisotopic (exact) mass is 264 g/mol. The molecule has 1 N–H and O–H groups in total. The molecule has 0 aromatic carbocycles. The first-order chi connectivity index (χ1) is 8.63. The number of rotatable bonds is 7. The van der Waals surface area contributed by atoms with Gasteiger partial charge in [0.15, 0.2) is 5.16 Å². The standard InChI is InChI=1S/C13H20N4S/c1-13(10-14,16-11-4-5-11)6-3-9-18-12-15-7-8-17(12)2/h7-8,11,16H,3-6,9H2,1-2H3. The van der Waals surface area contributed by atoms with Gasteiger partial charge in [0.1, 0.15) is 5.54 Å². The van der Waals surface area contributed by atoms with E-state index in [4.69, 9.17) is 0 Å². The van der Waals surface area contributed by atoms with Crippen LogP contribution in [0.5, 0.6) is 0 Å². The second-order valence-electron chi connectivity index (χ2n) is 5.14. The highest BCUT2D eigenvalue weighted by Crippen LogP contribution is 2.25. The van der Waals surface area contributed by atoms with E-state index in [1.165, 1.54) is 12.8 Å². The second-order valence-corrected chi connectivity index (χ2v) is 6.20. The molecule has 0 aliphatic heterocycles. The van der Waals surface area contributed by atoms with Crippen molar-refractivity contribution in [1.29, 1.82) is 5.26 Å². The number of hydrogen-bond donors (Lipinski definition) is 1. The number of aromatic nitrogens is 2. The Hall–Kier alpha value is -0.990. The first-order valence-corrected chi connectivity index (χ1v) is 7.40. The largest absolute Gasteiger partial charge is 0.329 e. The van der Waals surface area contributed by atoms with Crippen molar-refractivity contribution in [2.45, 2.75) is 49.3 Å². The molecule has 1 fully saturated rings. The number of thioether (sulfide) groups is 1. The van der Waals surface area contributed by atoms with Crippen LogP contribution in [0.4, 0.5) is 0 Å². The van der Waals surface area contributed by atoms with Crippen LogP contribution in [-0.2, 0) is 7.05 Å². The van der Waals surface area contributed by atoms with Gasteiger partial charge in [-0.25, -0.2) is 4.98 Å². The molecular weight excluding hydrogens is 244 g/mol. The van der Waals surface area contributed by atoms with Crippen LogP contribution in [0.1, 0.15) is 32.6 Å². The van der Waals surface area contributed by atoms with Crippen molar-refractivity contribution in [1.82, 2.24) is 14.9 Å². The molecule has 0 bridgehead atoms. The van der Waals surface area contributed by atoms with Crippen molar-refractivity contribution in [3.63, 3.8) is 0 Å². The molecule has 1 atom stereocenters. The SMILES string of the molecule is Cn1ccnc1SCCCC(C)(C#N)NC1CC1. The summed E-state index contributed by atoms with van der Waals surface area (Å²) in [5.74, 6) is 1.01. The Kier molecular flexibility index (Phi) is 4.31. The maximum absolute atomic E-state index is 9.25. The molecule has 1 saturated carbocycles. The first-order valence-electron chi connectivity index (χ1n) is 6.42. The summed E-state index contributed by atoms with van der Waals surface area (Å²) in [6.07, 6.45) is 8.14. The molecule has 0 amide bonds. The third-order valence-corrected chi connectivity index (χ3v) is 4.32. The highest BCUT2D eigenvalue weighted by Gasteiger charge is 2.31. The zero-order valence-electron chi connectivity index (χ0n) is 11.0. The number of aryl methyl sites for hydroxylation is 1. The predicted molar refractivity (Wildman–Crippen MR) is 73.3 cm³/mol. The fourth-order valence-electron chi connectivity index (χ4n) is 1.92. The van der Waals surface area contributed by atoms with Crippen LogP contribution in [0.15, 0.2) is 17.6 Å². The van der Waals surface area contributed by atoms with Gasteiger partial charge in [-0.3, -0.25) is 5.32 Å². The smallest absolute Gasteiger partial charge is 0.167 e. The minimum Gasteiger partial charge on any atom is -0.329 e. The van der Waals surface area contributed by atoms with Crippen molar-refractivity contribution in [3.8, 4) is 6.07 Å². The quantitative estimate of drug-likeness (QED) is 0.606. The average Bonchev–Trinajstić information content (AvgIpc) is 3.07. The van der Waals surface area contributed by atoms with Gasteiger partial charge in [0.2, 0.25) is 0 Å². The van der Waals surface area contributed by atoms with Gasteiger partial charge in [-0.2, -0.15) is 5.26 Å². The van der Waals surface area contributed by atoms with Crippen molar-refractivity contribution < 1.29 is 0 Å². The van der Waals surface area contributed by atoms with Gasteiger partial charge in [-0.05, 0) is 32.6 Å². The lowest BCUT2D eigenvalue weighted by Crippen LogP contribution is -2.42. The van der Waals surface area contributed by atoms with Crippen molar-refractivity contribution in [2.75, 3.05) is 5.75 Å². The number of nitriles is 1. The van der Waals surface area contributed by atoms with Gasteiger partial charge in [0.05, 0.1) is 6.07 Å². The summed E-state index contributed by atoms with van der Waals surface area (Å²) in [5, 5.41) is 13.7. The van der Waals surface area contributed by atoms with Gasteiger partial charge in [-0.1, -0.05) is 11.8 Å². The molecule has 1 unspecified atom stereocenters. The molecule has 98 valence electrons. The molecule has 1 heterocycles. The van der Waals surface area contributed by atoms with Crippen LogP contribution < -0.4 is 5.32 Å². The van der Waals surface area contributed by atoms with E-state index >= 15 is 0 Å². The van der Waals surface area contributed by atoms with Crippen LogP contribution in [0.3, 0.4) is 0 Å². The van der Waals surface area contributed by atoms with Crippen molar-refractivity contribution in [2.24, 2.45) is 7.05 Å². The summed E-state index contributed by atoms with van der Waals surface area (Å²) < 4.78 is 2.02. The molecule has 5 heteroatoms. The van der Waals surface area contributed by atoms with E-state index in [-0.39, 0.29) is 5.54 Å². The summed E-state index contributed by atoms with van der Waals surface area (Å²) in [7, 11) is 2.00. The van der Waals surface area contributed by atoms with Crippen LogP contribution in [0.25, 0.3) is 0 Å². The molecule has 0 saturated heterocycles. The molecule has 18 heavy (non-hydrogen) atoms. The highest BCUT2D eigenvalue weighted by atomic mass is 32.2. The van der Waals surface area contributed by atoms with E-state index in [1.807, 2.05) is 30.9 Å². The maximum atomic E-state index is 9.25. The first kappa shape index (κ1) is 13.4. The third kappa shape index (κ3) is 3.76. The zero-order valence-corrected chi connectivity index (χ0v) is 11.8. The van der Waals surface area contributed by atoms with Crippen molar-refractivity contribution >= 4 is 11.8 Å². The van der Waals surface area contributed by atoms with E-state index in [0.717, 1.165) is 23.8 Å². The molecule has 2 rings (SSSR count). The lowest BCUT2D eigenvalue weighted by Gasteiger charge is -2.22. The fraction of sp³-hybridized carbons (Fsp3) is 0.692. The maximum Gasteiger partial charge on any atom is 0.167 e. The van der Waals surface area contributed by atoms with Crippen molar-refractivity contribution in [3.05, 3.63) is 12.4 Å². The van der Waals surface area contributed by atoms with E-state index in [1.54, 1.807) is 11.8 Å². The minimum absolute atomic E-state index is 0.358. The molecule has 1 aromatic rings. The summed E-state index contributed by atoms with van der Waals surface area (Å²) in [5.41, 5.74) is -0.358. The molecule has 0 spiro atoms. The van der Waals surface area contributed by atoms with E-state index in [2.05, 4.69) is 16.4 Å². The third-order valence-electron chi connectivity index (χ3n) is 3.18. The van der Waals surface area contributed by atoms with Gasteiger partial charge in [0.25, 0.3) is 0 Å². The lowest BCUT2D eigenvalue weighted by molar-refractivity contribution is 0.411. The van der Waals surface area contributed by atoms with Gasteiger partial charge < -0.3 is 4.57 Å². The number of nitrogens with zero attached hydrogens (tertiary/aromatic N) is 3. The molecular formula is C13H20N4S. The normalized spacial score (nSPS) is 18.3. The van der Waals surface area contributed by atoms with E-state index < -0.39 is 0 Å². The Morgan fingerprint density at radius 2 is 2.44 bits per heavy atom. The highest BCUT2D eigenvalue weighted by molar-refractivity contribution is 7.99. The number of imidazole rings is 1. The Morgan fingerprint density at radius 3 is 3.00 bits per heavy atom. The van der Waals surface area contributed by atoms with E-state index in [0.29, 0.717) is 6.04 Å². The molecule has 1 aromatic heterocycles. The summed E-state index contributed by atoms with van der Waals surface area (Å²) in [6, 6.07) is 2.99. The summed E-state index contributed by atoms with van der Waals surface area (Å²) in [4.78, 5) is 4.27. The van der Waals surface area contributed by atoms with Crippen LogP contribution in [0, 0.1) is 11.3 Å². The summed E-state index contributed by atoms with van der Waals surface area (Å²) >= 11 is 1.75.